The monoisotopic (exact) mass is 403 g/mol. The van der Waals surface area contributed by atoms with E-state index in [4.69, 9.17) is 4.98 Å². The van der Waals surface area contributed by atoms with Crippen LogP contribution in [0.3, 0.4) is 0 Å². The van der Waals surface area contributed by atoms with E-state index in [-0.39, 0.29) is 11.2 Å². The maximum absolute atomic E-state index is 12.8. The molecule has 0 unspecified atom stereocenters. The Morgan fingerprint density at radius 3 is 2.52 bits per heavy atom. The van der Waals surface area contributed by atoms with Crippen LogP contribution in [0.2, 0.25) is 0 Å². The molecule has 29 heavy (non-hydrogen) atoms. The summed E-state index contributed by atoms with van der Waals surface area (Å²) >= 11 is 1.45. The van der Waals surface area contributed by atoms with Gasteiger partial charge in [0.1, 0.15) is 5.82 Å². The van der Waals surface area contributed by atoms with Gasteiger partial charge in [0.05, 0.1) is 10.8 Å². The van der Waals surface area contributed by atoms with Crippen molar-refractivity contribution >= 4 is 34.2 Å². The molecule has 1 atom stereocenters. The van der Waals surface area contributed by atoms with E-state index < -0.39 is 0 Å². The lowest BCUT2D eigenvalue weighted by atomic mass is 10.2. The average molecular weight is 404 g/mol. The van der Waals surface area contributed by atoms with E-state index in [1.54, 1.807) is 0 Å². The predicted molar refractivity (Wildman–Crippen MR) is 115 cm³/mol. The minimum Gasteiger partial charge on any atom is -0.342 e. The first-order valence-corrected chi connectivity index (χ1v) is 10.7. The van der Waals surface area contributed by atoms with E-state index in [0.29, 0.717) is 5.16 Å². The van der Waals surface area contributed by atoms with Gasteiger partial charge in [-0.25, -0.2) is 4.98 Å². The van der Waals surface area contributed by atoms with Gasteiger partial charge in [-0.15, -0.1) is 10.2 Å². The van der Waals surface area contributed by atoms with Crippen LogP contribution in [0.25, 0.3) is 27.9 Å². The second-order valence-electron chi connectivity index (χ2n) is 7.25. The fourth-order valence-electron chi connectivity index (χ4n) is 3.82. The van der Waals surface area contributed by atoms with Crippen molar-refractivity contribution in [2.75, 3.05) is 13.1 Å². The molecule has 5 rings (SSSR count). The summed E-state index contributed by atoms with van der Waals surface area (Å²) in [5.74, 6) is 0.951. The van der Waals surface area contributed by atoms with Crippen LogP contribution in [0.1, 0.15) is 19.8 Å². The van der Waals surface area contributed by atoms with E-state index in [1.165, 1.54) is 11.8 Å². The van der Waals surface area contributed by atoms with Crippen LogP contribution in [-0.4, -0.2) is 48.7 Å². The molecule has 3 heterocycles. The lowest BCUT2D eigenvalue weighted by molar-refractivity contribution is -0.129. The molecule has 2 aromatic heterocycles. The first-order valence-electron chi connectivity index (χ1n) is 9.87. The smallest absolute Gasteiger partial charge is 0.235 e. The van der Waals surface area contributed by atoms with Gasteiger partial charge in [-0.2, -0.15) is 0 Å². The lowest BCUT2D eigenvalue weighted by Gasteiger charge is -2.19. The number of likely N-dealkylation sites (tertiary alicyclic amines) is 1. The third kappa shape index (κ3) is 3.25. The minimum atomic E-state index is -0.226. The Kier molecular flexibility index (Phi) is 4.67. The number of rotatable bonds is 4. The fourth-order valence-corrected chi connectivity index (χ4v) is 4.75. The average Bonchev–Trinajstić information content (AvgIpc) is 3.44. The summed E-state index contributed by atoms with van der Waals surface area (Å²) in [5, 5.41) is 10.3. The number of amides is 1. The number of thioether (sulfide) groups is 1. The molecular formula is C22H21N5OS. The highest BCUT2D eigenvalue weighted by Crippen LogP contribution is 2.31. The van der Waals surface area contributed by atoms with E-state index in [9.17, 15) is 4.79 Å². The highest BCUT2D eigenvalue weighted by atomic mass is 32.2. The number of carbonyl (C=O) groups is 1. The zero-order valence-electron chi connectivity index (χ0n) is 16.2. The number of aromatic nitrogens is 4. The summed E-state index contributed by atoms with van der Waals surface area (Å²) in [7, 11) is 0. The number of fused-ring (bicyclic) bond motifs is 3. The summed E-state index contributed by atoms with van der Waals surface area (Å²) < 4.78 is 1.98. The number of benzene rings is 2. The molecule has 1 amide bonds. The molecular weight excluding hydrogens is 382 g/mol. The van der Waals surface area contributed by atoms with Gasteiger partial charge < -0.3 is 4.90 Å². The summed E-state index contributed by atoms with van der Waals surface area (Å²) in [4.78, 5) is 19.7. The van der Waals surface area contributed by atoms with Crippen molar-refractivity contribution in [1.29, 1.82) is 0 Å². The largest absolute Gasteiger partial charge is 0.342 e. The van der Waals surface area contributed by atoms with Gasteiger partial charge in [0, 0.05) is 24.0 Å². The Labute approximate surface area is 173 Å². The van der Waals surface area contributed by atoms with Gasteiger partial charge in [-0.1, -0.05) is 54.2 Å². The van der Waals surface area contributed by atoms with Gasteiger partial charge in [0.2, 0.25) is 5.91 Å². The summed E-state index contributed by atoms with van der Waals surface area (Å²) in [6.45, 7) is 3.65. The van der Waals surface area contributed by atoms with Crippen molar-refractivity contribution < 1.29 is 4.79 Å². The quantitative estimate of drug-likeness (QED) is 0.481. The molecule has 0 spiro atoms. The minimum absolute atomic E-state index is 0.166. The first kappa shape index (κ1) is 18.1. The molecule has 0 N–H and O–H groups in total. The highest BCUT2D eigenvalue weighted by Gasteiger charge is 2.26. The SMILES string of the molecule is C[C@@H](Sc1nnc2c3ccccc3nc(-c3ccccc3)n12)C(=O)N1CCCC1. The normalized spacial score (nSPS) is 15.3. The van der Waals surface area contributed by atoms with Gasteiger partial charge in [-0.3, -0.25) is 9.20 Å². The van der Waals surface area contributed by atoms with Crippen LogP contribution in [0.5, 0.6) is 0 Å². The van der Waals surface area contributed by atoms with Crippen LogP contribution in [0, 0.1) is 0 Å². The van der Waals surface area contributed by atoms with Crippen molar-refractivity contribution in [2.45, 2.75) is 30.2 Å². The molecule has 146 valence electrons. The number of carbonyl (C=O) groups excluding carboxylic acids is 1. The summed E-state index contributed by atoms with van der Waals surface area (Å²) in [5.41, 5.74) is 2.63. The van der Waals surface area contributed by atoms with Crippen LogP contribution < -0.4 is 0 Å². The number of para-hydroxylation sites is 1. The molecule has 4 aromatic rings. The maximum Gasteiger partial charge on any atom is 0.235 e. The zero-order valence-corrected chi connectivity index (χ0v) is 17.0. The predicted octanol–water partition coefficient (Wildman–Crippen LogP) is 4.05. The van der Waals surface area contributed by atoms with E-state index in [2.05, 4.69) is 10.2 Å². The van der Waals surface area contributed by atoms with Gasteiger partial charge in [0.15, 0.2) is 10.8 Å². The van der Waals surface area contributed by atoms with E-state index in [0.717, 1.165) is 53.9 Å². The standard InChI is InChI=1S/C22H21N5OS/c1-15(21(28)26-13-7-8-14-26)29-22-25-24-20-17-11-5-6-12-18(17)23-19(27(20)22)16-9-3-2-4-10-16/h2-6,9-12,15H,7-8,13-14H2,1H3/t15-/m1/s1. The van der Waals surface area contributed by atoms with Crippen molar-refractivity contribution in [3.8, 4) is 11.4 Å². The third-order valence-electron chi connectivity index (χ3n) is 5.30. The molecule has 1 aliphatic heterocycles. The van der Waals surface area contributed by atoms with Gasteiger partial charge in [0.25, 0.3) is 0 Å². The molecule has 0 saturated carbocycles. The maximum atomic E-state index is 12.8. The van der Waals surface area contributed by atoms with Crippen LogP contribution >= 0.6 is 11.8 Å². The second kappa shape index (κ2) is 7.48. The lowest BCUT2D eigenvalue weighted by Crippen LogP contribution is -2.34. The highest BCUT2D eigenvalue weighted by molar-refractivity contribution is 8.00. The second-order valence-corrected chi connectivity index (χ2v) is 8.56. The van der Waals surface area contributed by atoms with Crippen LogP contribution in [0.15, 0.2) is 59.8 Å². The summed E-state index contributed by atoms with van der Waals surface area (Å²) in [6, 6.07) is 18.0. The Hall–Kier alpha value is -2.93. The fraction of sp³-hybridized carbons (Fsp3) is 0.273. The molecule has 0 bridgehead atoms. The van der Waals surface area contributed by atoms with Gasteiger partial charge in [-0.05, 0) is 31.9 Å². The number of hydrogen-bond acceptors (Lipinski definition) is 5. The molecule has 0 radical (unpaired) electrons. The Morgan fingerprint density at radius 1 is 1.00 bits per heavy atom. The molecule has 6 nitrogen and oxygen atoms in total. The van der Waals surface area contributed by atoms with Crippen LogP contribution in [-0.2, 0) is 4.79 Å². The molecule has 1 aliphatic rings. The molecule has 2 aromatic carbocycles. The molecule has 7 heteroatoms. The number of nitrogens with zero attached hydrogens (tertiary/aromatic N) is 5. The Morgan fingerprint density at radius 2 is 1.72 bits per heavy atom. The van der Waals surface area contributed by atoms with Crippen molar-refractivity contribution in [1.82, 2.24) is 24.5 Å². The van der Waals surface area contributed by atoms with Gasteiger partial charge >= 0.3 is 0 Å². The molecule has 1 fully saturated rings. The van der Waals surface area contributed by atoms with Crippen molar-refractivity contribution in [3.63, 3.8) is 0 Å². The zero-order chi connectivity index (χ0) is 19.8. The Bertz CT molecular complexity index is 1180. The summed E-state index contributed by atoms with van der Waals surface area (Å²) in [6.07, 6.45) is 2.18. The molecule has 0 aliphatic carbocycles. The molecule has 1 saturated heterocycles. The van der Waals surface area contributed by atoms with E-state index >= 15 is 0 Å². The van der Waals surface area contributed by atoms with E-state index in [1.807, 2.05) is 70.8 Å². The topological polar surface area (TPSA) is 63.4 Å². The number of hydrogen-bond donors (Lipinski definition) is 0. The van der Waals surface area contributed by atoms with Crippen LogP contribution in [0.4, 0.5) is 0 Å². The van der Waals surface area contributed by atoms with Crippen molar-refractivity contribution in [2.24, 2.45) is 0 Å². The first-order chi connectivity index (χ1) is 14.2. The van der Waals surface area contributed by atoms with Crippen molar-refractivity contribution in [3.05, 3.63) is 54.6 Å². The third-order valence-corrected chi connectivity index (χ3v) is 6.33. The Balaban J connectivity index is 1.63.